The van der Waals surface area contributed by atoms with Crippen molar-refractivity contribution in [2.75, 3.05) is 13.3 Å². The Balaban J connectivity index is 1.35. The minimum Gasteiger partial charge on any atom is -0.454 e. The van der Waals surface area contributed by atoms with Crippen LogP contribution in [0.25, 0.3) is 6.08 Å². The van der Waals surface area contributed by atoms with Crippen molar-refractivity contribution in [2.45, 2.75) is 44.6 Å². The van der Waals surface area contributed by atoms with E-state index in [1.54, 1.807) is 6.08 Å². The Kier molecular flexibility index (Phi) is 5.87. The van der Waals surface area contributed by atoms with Gasteiger partial charge < -0.3 is 14.8 Å². The summed E-state index contributed by atoms with van der Waals surface area (Å²) in [5, 5.41) is 3.08. The number of carbonyl (C=O) groups is 2. The summed E-state index contributed by atoms with van der Waals surface area (Å²) in [6.45, 7) is 0.519. The number of thioether (sulfide) groups is 1. The number of hydrogen-bond acceptors (Lipinski definition) is 6. The molecule has 28 heavy (non-hydrogen) atoms. The van der Waals surface area contributed by atoms with Crippen LogP contribution in [0.2, 0.25) is 0 Å². The molecule has 0 aromatic heterocycles. The lowest BCUT2D eigenvalue weighted by Gasteiger charge is -2.23. The second-order valence-electron chi connectivity index (χ2n) is 7.10. The molecule has 2 heterocycles. The molecule has 0 radical (unpaired) electrons. The number of benzene rings is 1. The zero-order valence-corrected chi connectivity index (χ0v) is 17.1. The lowest BCUT2D eigenvalue weighted by atomic mass is 9.95. The van der Waals surface area contributed by atoms with Crippen LogP contribution in [0.5, 0.6) is 11.5 Å². The molecule has 6 nitrogen and oxygen atoms in total. The van der Waals surface area contributed by atoms with Gasteiger partial charge in [-0.3, -0.25) is 14.5 Å². The number of nitrogens with zero attached hydrogens (tertiary/aromatic N) is 1. The van der Waals surface area contributed by atoms with Crippen LogP contribution in [-0.2, 0) is 9.59 Å². The van der Waals surface area contributed by atoms with Gasteiger partial charge in [-0.2, -0.15) is 0 Å². The molecular formula is C20H22N2O4S2. The standard InChI is InChI=1S/C20H22N2O4S2/c23-18(21-14-4-2-1-3-5-14)8-9-22-19(24)17(28-20(22)27)11-13-6-7-15-16(10-13)26-12-25-15/h6-7,10-11,14H,1-5,8-9,12H2,(H,21,23)/b17-11-. The van der Waals surface area contributed by atoms with Gasteiger partial charge in [-0.15, -0.1) is 0 Å². The molecule has 1 N–H and O–H groups in total. The van der Waals surface area contributed by atoms with E-state index in [-0.39, 0.29) is 31.1 Å². The first-order valence-corrected chi connectivity index (χ1v) is 10.8. The van der Waals surface area contributed by atoms with Gasteiger partial charge in [0.2, 0.25) is 12.7 Å². The van der Waals surface area contributed by atoms with Crippen LogP contribution >= 0.6 is 24.0 Å². The Morgan fingerprint density at radius 3 is 2.86 bits per heavy atom. The zero-order valence-electron chi connectivity index (χ0n) is 15.4. The molecule has 148 valence electrons. The molecule has 1 saturated heterocycles. The van der Waals surface area contributed by atoms with E-state index in [2.05, 4.69) is 5.32 Å². The summed E-state index contributed by atoms with van der Waals surface area (Å²) in [4.78, 5) is 27.0. The molecule has 3 aliphatic rings. The van der Waals surface area contributed by atoms with Crippen LogP contribution in [0.15, 0.2) is 23.1 Å². The van der Waals surface area contributed by atoms with Crippen molar-refractivity contribution in [1.82, 2.24) is 10.2 Å². The normalized spacial score (nSPS) is 20.9. The summed E-state index contributed by atoms with van der Waals surface area (Å²) in [7, 11) is 0. The van der Waals surface area contributed by atoms with E-state index in [0.29, 0.717) is 27.3 Å². The summed E-state index contributed by atoms with van der Waals surface area (Å²) in [6, 6.07) is 5.81. The molecule has 0 spiro atoms. The zero-order chi connectivity index (χ0) is 19.5. The summed E-state index contributed by atoms with van der Waals surface area (Å²) in [5.41, 5.74) is 0.847. The Bertz CT molecular complexity index is 833. The smallest absolute Gasteiger partial charge is 0.266 e. The van der Waals surface area contributed by atoms with Gasteiger partial charge in [0.05, 0.1) is 4.91 Å². The van der Waals surface area contributed by atoms with Gasteiger partial charge in [-0.1, -0.05) is 49.3 Å². The second-order valence-corrected chi connectivity index (χ2v) is 8.77. The van der Waals surface area contributed by atoms with Crippen molar-refractivity contribution < 1.29 is 19.1 Å². The quantitative estimate of drug-likeness (QED) is 0.584. The highest BCUT2D eigenvalue weighted by atomic mass is 32.2. The Morgan fingerprint density at radius 1 is 1.25 bits per heavy atom. The fourth-order valence-electron chi connectivity index (χ4n) is 3.61. The second kappa shape index (κ2) is 8.53. The predicted octanol–water partition coefficient (Wildman–Crippen LogP) is 3.46. The van der Waals surface area contributed by atoms with Crippen molar-refractivity contribution in [3.8, 4) is 11.5 Å². The van der Waals surface area contributed by atoms with Crippen molar-refractivity contribution in [3.05, 3.63) is 28.7 Å². The highest BCUT2D eigenvalue weighted by Crippen LogP contribution is 2.36. The molecule has 0 atom stereocenters. The maximum Gasteiger partial charge on any atom is 0.266 e. The molecule has 1 saturated carbocycles. The SMILES string of the molecule is O=C(CCN1C(=O)/C(=C/c2ccc3c(c2)OCO3)SC1=S)NC1CCCCC1. The maximum absolute atomic E-state index is 12.7. The first kappa shape index (κ1) is 19.3. The summed E-state index contributed by atoms with van der Waals surface area (Å²) in [5.74, 6) is 1.20. The number of thiocarbonyl (C=S) groups is 1. The average Bonchev–Trinajstić information content (AvgIpc) is 3.25. The van der Waals surface area contributed by atoms with Gasteiger partial charge >= 0.3 is 0 Å². The van der Waals surface area contributed by atoms with Gasteiger partial charge in [-0.05, 0) is 36.6 Å². The molecule has 2 aliphatic heterocycles. The summed E-state index contributed by atoms with van der Waals surface area (Å²) >= 11 is 6.62. The molecule has 0 unspecified atom stereocenters. The van der Waals surface area contributed by atoms with E-state index in [4.69, 9.17) is 21.7 Å². The van der Waals surface area contributed by atoms with Crippen LogP contribution in [0.1, 0.15) is 44.1 Å². The number of fused-ring (bicyclic) bond motifs is 1. The first-order valence-electron chi connectivity index (χ1n) is 9.54. The molecule has 8 heteroatoms. The third-order valence-electron chi connectivity index (χ3n) is 5.10. The third-order valence-corrected chi connectivity index (χ3v) is 6.48. The maximum atomic E-state index is 12.7. The van der Waals surface area contributed by atoms with Crippen LogP contribution in [0.3, 0.4) is 0 Å². The lowest BCUT2D eigenvalue weighted by Crippen LogP contribution is -2.39. The van der Waals surface area contributed by atoms with E-state index in [1.165, 1.54) is 35.9 Å². The summed E-state index contributed by atoms with van der Waals surface area (Å²) < 4.78 is 11.2. The van der Waals surface area contributed by atoms with Gasteiger partial charge in [0.15, 0.2) is 11.5 Å². The lowest BCUT2D eigenvalue weighted by molar-refractivity contribution is -0.124. The number of carbonyl (C=O) groups excluding carboxylic acids is 2. The number of ether oxygens (including phenoxy) is 2. The van der Waals surface area contributed by atoms with Gasteiger partial charge in [0.1, 0.15) is 4.32 Å². The number of hydrogen-bond donors (Lipinski definition) is 1. The van der Waals surface area contributed by atoms with E-state index < -0.39 is 0 Å². The fraction of sp³-hybridized carbons (Fsp3) is 0.450. The fourth-order valence-corrected chi connectivity index (χ4v) is 4.92. The van der Waals surface area contributed by atoms with Crippen molar-refractivity contribution in [2.24, 2.45) is 0 Å². The van der Waals surface area contributed by atoms with Crippen LogP contribution in [0.4, 0.5) is 0 Å². The Morgan fingerprint density at radius 2 is 2.04 bits per heavy atom. The molecule has 1 aliphatic carbocycles. The topological polar surface area (TPSA) is 67.9 Å². The van der Waals surface area contributed by atoms with Crippen LogP contribution in [0, 0.1) is 0 Å². The largest absolute Gasteiger partial charge is 0.454 e. The minimum absolute atomic E-state index is 0.0132. The molecule has 2 amide bonds. The van der Waals surface area contributed by atoms with E-state index in [9.17, 15) is 9.59 Å². The minimum atomic E-state index is -0.155. The third kappa shape index (κ3) is 4.33. The monoisotopic (exact) mass is 418 g/mol. The Hall–Kier alpha value is -2.06. The molecule has 1 aromatic carbocycles. The van der Waals surface area contributed by atoms with Crippen LogP contribution in [-0.4, -0.2) is 40.4 Å². The first-order chi connectivity index (χ1) is 13.6. The molecule has 1 aromatic rings. The van der Waals surface area contributed by atoms with E-state index in [0.717, 1.165) is 18.4 Å². The average molecular weight is 419 g/mol. The molecule has 4 rings (SSSR count). The van der Waals surface area contributed by atoms with E-state index in [1.807, 2.05) is 18.2 Å². The van der Waals surface area contributed by atoms with Crippen molar-refractivity contribution in [1.29, 1.82) is 0 Å². The molecular weight excluding hydrogens is 396 g/mol. The summed E-state index contributed by atoms with van der Waals surface area (Å²) in [6.07, 6.45) is 7.74. The highest BCUT2D eigenvalue weighted by Gasteiger charge is 2.32. The number of amides is 2. The molecule has 0 bridgehead atoms. The van der Waals surface area contributed by atoms with Gasteiger partial charge in [-0.25, -0.2) is 0 Å². The van der Waals surface area contributed by atoms with Crippen molar-refractivity contribution >= 4 is 46.2 Å². The van der Waals surface area contributed by atoms with Gasteiger partial charge in [0.25, 0.3) is 5.91 Å². The van der Waals surface area contributed by atoms with E-state index >= 15 is 0 Å². The Labute approximate surface area is 173 Å². The van der Waals surface area contributed by atoms with Crippen molar-refractivity contribution in [3.63, 3.8) is 0 Å². The number of nitrogens with one attached hydrogen (secondary N) is 1. The van der Waals surface area contributed by atoms with Gasteiger partial charge in [0, 0.05) is 19.0 Å². The molecule has 2 fully saturated rings. The highest BCUT2D eigenvalue weighted by molar-refractivity contribution is 8.26. The number of rotatable bonds is 5. The predicted molar refractivity (Wildman–Crippen MR) is 112 cm³/mol. The van der Waals surface area contributed by atoms with Crippen LogP contribution < -0.4 is 14.8 Å².